The summed E-state index contributed by atoms with van der Waals surface area (Å²) in [7, 11) is 0. The molecule has 0 atom stereocenters. The number of carbonyl (C=O) groups is 1. The Morgan fingerprint density at radius 1 is 1.29 bits per heavy atom. The van der Waals surface area contributed by atoms with E-state index >= 15 is 0 Å². The molecule has 0 aliphatic carbocycles. The van der Waals surface area contributed by atoms with E-state index in [-0.39, 0.29) is 0 Å². The zero-order chi connectivity index (χ0) is 14.8. The predicted octanol–water partition coefficient (Wildman–Crippen LogP) is 2.93. The molecule has 3 N–H and O–H groups in total. The monoisotopic (exact) mass is 282 g/mol. The molecular formula is C15H14N4O2. The van der Waals surface area contributed by atoms with E-state index in [2.05, 4.69) is 10.4 Å². The van der Waals surface area contributed by atoms with Gasteiger partial charge in [-0.15, -0.1) is 0 Å². The van der Waals surface area contributed by atoms with Crippen molar-refractivity contribution in [3.8, 4) is 17.1 Å². The minimum absolute atomic E-state index is 0.486. The van der Waals surface area contributed by atoms with E-state index in [9.17, 15) is 4.79 Å². The van der Waals surface area contributed by atoms with Crippen molar-refractivity contribution in [2.45, 2.75) is 6.92 Å². The van der Waals surface area contributed by atoms with Crippen LogP contribution >= 0.6 is 0 Å². The van der Waals surface area contributed by atoms with Gasteiger partial charge in [0.2, 0.25) is 0 Å². The molecule has 0 fully saturated rings. The summed E-state index contributed by atoms with van der Waals surface area (Å²) in [5.74, 6) is 1.11. The van der Waals surface area contributed by atoms with Gasteiger partial charge in [0, 0.05) is 6.07 Å². The minimum atomic E-state index is -0.644. The van der Waals surface area contributed by atoms with Crippen LogP contribution in [0.2, 0.25) is 0 Å². The zero-order valence-corrected chi connectivity index (χ0v) is 11.4. The average molecular weight is 282 g/mol. The first kappa shape index (κ1) is 13.0. The van der Waals surface area contributed by atoms with Crippen molar-refractivity contribution >= 4 is 11.8 Å². The van der Waals surface area contributed by atoms with Crippen molar-refractivity contribution in [3.63, 3.8) is 0 Å². The minimum Gasteiger partial charge on any atom is -0.463 e. The third-order valence-corrected chi connectivity index (χ3v) is 2.98. The van der Waals surface area contributed by atoms with Crippen LogP contribution in [0.1, 0.15) is 5.56 Å². The molecule has 0 unspecified atom stereocenters. The molecule has 1 aromatic carbocycles. The lowest BCUT2D eigenvalue weighted by Gasteiger charge is -2.07. The summed E-state index contributed by atoms with van der Waals surface area (Å²) < 4.78 is 6.95. The molecule has 0 radical (unpaired) electrons. The van der Waals surface area contributed by atoms with Crippen molar-refractivity contribution in [3.05, 3.63) is 54.3 Å². The number of nitrogens with two attached hydrogens (primary N) is 1. The Balaban J connectivity index is 2.11. The van der Waals surface area contributed by atoms with E-state index in [1.807, 2.05) is 31.2 Å². The van der Waals surface area contributed by atoms with Gasteiger partial charge in [-0.2, -0.15) is 5.10 Å². The number of nitrogens with zero attached hydrogens (tertiary/aromatic N) is 2. The molecule has 2 amide bonds. The summed E-state index contributed by atoms with van der Waals surface area (Å²) in [6.45, 7) is 1.99. The summed E-state index contributed by atoms with van der Waals surface area (Å²) in [5.41, 5.74) is 7.75. The van der Waals surface area contributed by atoms with Crippen molar-refractivity contribution in [1.29, 1.82) is 0 Å². The topological polar surface area (TPSA) is 86.1 Å². The van der Waals surface area contributed by atoms with E-state index < -0.39 is 6.03 Å². The van der Waals surface area contributed by atoms with Crippen LogP contribution in [0.3, 0.4) is 0 Å². The number of carbonyl (C=O) groups excluding carboxylic acids is 1. The number of aryl methyl sites for hydroxylation is 1. The smallest absolute Gasteiger partial charge is 0.317 e. The second-order valence-corrected chi connectivity index (χ2v) is 4.63. The van der Waals surface area contributed by atoms with E-state index in [0.29, 0.717) is 17.3 Å². The fourth-order valence-electron chi connectivity index (χ4n) is 2.10. The van der Waals surface area contributed by atoms with E-state index in [0.717, 1.165) is 11.3 Å². The van der Waals surface area contributed by atoms with E-state index in [1.54, 1.807) is 29.1 Å². The SMILES string of the molecule is Cc1cccc(-n2nc(-c3ccco3)cc2NC(N)=O)c1. The van der Waals surface area contributed by atoms with Gasteiger partial charge in [0.05, 0.1) is 12.0 Å². The third-order valence-electron chi connectivity index (χ3n) is 2.98. The van der Waals surface area contributed by atoms with Gasteiger partial charge in [-0.05, 0) is 36.8 Å². The molecule has 21 heavy (non-hydrogen) atoms. The van der Waals surface area contributed by atoms with Crippen molar-refractivity contribution in [2.75, 3.05) is 5.32 Å². The predicted molar refractivity (Wildman–Crippen MR) is 79.2 cm³/mol. The number of hydrogen-bond acceptors (Lipinski definition) is 3. The Morgan fingerprint density at radius 2 is 2.14 bits per heavy atom. The van der Waals surface area contributed by atoms with Crippen molar-refractivity contribution in [1.82, 2.24) is 9.78 Å². The van der Waals surface area contributed by atoms with Crippen LogP contribution in [0.4, 0.5) is 10.6 Å². The lowest BCUT2D eigenvalue weighted by Crippen LogP contribution is -2.21. The highest BCUT2D eigenvalue weighted by Gasteiger charge is 2.14. The van der Waals surface area contributed by atoms with Gasteiger partial charge >= 0.3 is 6.03 Å². The molecule has 0 bridgehead atoms. The average Bonchev–Trinajstić information content (AvgIpc) is 3.06. The first-order valence-corrected chi connectivity index (χ1v) is 6.41. The fourth-order valence-corrected chi connectivity index (χ4v) is 2.10. The molecule has 0 saturated heterocycles. The Hall–Kier alpha value is -3.02. The lowest BCUT2D eigenvalue weighted by molar-refractivity contribution is 0.259. The number of aromatic nitrogens is 2. The van der Waals surface area contributed by atoms with Gasteiger partial charge in [0.1, 0.15) is 11.5 Å². The van der Waals surface area contributed by atoms with Gasteiger partial charge in [0.15, 0.2) is 5.76 Å². The highest BCUT2D eigenvalue weighted by Crippen LogP contribution is 2.25. The van der Waals surface area contributed by atoms with Crippen molar-refractivity contribution < 1.29 is 9.21 Å². The van der Waals surface area contributed by atoms with Gasteiger partial charge < -0.3 is 10.2 Å². The molecule has 0 aliphatic heterocycles. The Labute approximate surface area is 121 Å². The Morgan fingerprint density at radius 3 is 2.81 bits per heavy atom. The number of urea groups is 1. The summed E-state index contributed by atoms with van der Waals surface area (Å²) in [5, 5.41) is 7.04. The van der Waals surface area contributed by atoms with Crippen LogP contribution in [0.5, 0.6) is 0 Å². The van der Waals surface area contributed by atoms with Gasteiger partial charge in [-0.25, -0.2) is 9.48 Å². The van der Waals surface area contributed by atoms with Crippen LogP contribution in [0.25, 0.3) is 17.1 Å². The molecule has 6 heteroatoms. The number of rotatable bonds is 3. The lowest BCUT2D eigenvalue weighted by atomic mass is 10.2. The number of benzene rings is 1. The second-order valence-electron chi connectivity index (χ2n) is 4.63. The molecule has 0 spiro atoms. The summed E-state index contributed by atoms with van der Waals surface area (Å²) in [4.78, 5) is 11.2. The zero-order valence-electron chi connectivity index (χ0n) is 11.4. The van der Waals surface area contributed by atoms with Gasteiger partial charge in [-0.3, -0.25) is 5.32 Å². The van der Waals surface area contributed by atoms with Crippen LogP contribution in [0, 0.1) is 6.92 Å². The number of anilines is 1. The highest BCUT2D eigenvalue weighted by molar-refractivity contribution is 5.87. The summed E-state index contributed by atoms with van der Waals surface area (Å²) in [6.07, 6.45) is 1.57. The van der Waals surface area contributed by atoms with Crippen LogP contribution in [0.15, 0.2) is 53.1 Å². The Kier molecular flexibility index (Phi) is 3.19. The maximum Gasteiger partial charge on any atom is 0.317 e. The summed E-state index contributed by atoms with van der Waals surface area (Å²) >= 11 is 0. The number of furan rings is 1. The standard InChI is InChI=1S/C15H14N4O2/c1-10-4-2-5-11(8-10)19-14(17-15(16)20)9-12(18-19)13-6-3-7-21-13/h2-9H,1H3,(H3,16,17,20). The third kappa shape index (κ3) is 2.64. The van der Waals surface area contributed by atoms with Crippen LogP contribution < -0.4 is 11.1 Å². The normalized spacial score (nSPS) is 10.5. The largest absolute Gasteiger partial charge is 0.463 e. The first-order chi connectivity index (χ1) is 10.1. The molecule has 3 rings (SSSR count). The molecule has 0 saturated carbocycles. The van der Waals surface area contributed by atoms with Crippen LogP contribution in [-0.4, -0.2) is 15.8 Å². The molecule has 2 heterocycles. The molecular weight excluding hydrogens is 268 g/mol. The number of hydrogen-bond donors (Lipinski definition) is 2. The summed E-state index contributed by atoms with van der Waals surface area (Å²) in [6, 6.07) is 12.4. The molecule has 106 valence electrons. The second kappa shape index (κ2) is 5.16. The molecule has 2 aromatic heterocycles. The number of primary amides is 1. The van der Waals surface area contributed by atoms with Gasteiger partial charge in [0.25, 0.3) is 0 Å². The van der Waals surface area contributed by atoms with Gasteiger partial charge in [-0.1, -0.05) is 12.1 Å². The highest BCUT2D eigenvalue weighted by atomic mass is 16.3. The van der Waals surface area contributed by atoms with E-state index in [4.69, 9.17) is 10.2 Å². The van der Waals surface area contributed by atoms with Crippen molar-refractivity contribution in [2.24, 2.45) is 5.73 Å². The number of nitrogens with one attached hydrogen (secondary N) is 1. The molecule has 3 aromatic rings. The van der Waals surface area contributed by atoms with Crippen LogP contribution in [-0.2, 0) is 0 Å². The maximum absolute atomic E-state index is 11.2. The maximum atomic E-state index is 11.2. The number of amides is 2. The fraction of sp³-hybridized carbons (Fsp3) is 0.0667. The Bertz CT molecular complexity index is 775. The first-order valence-electron chi connectivity index (χ1n) is 6.41. The quantitative estimate of drug-likeness (QED) is 0.774. The molecule has 6 nitrogen and oxygen atoms in total. The van der Waals surface area contributed by atoms with E-state index in [1.165, 1.54) is 0 Å². The molecule has 0 aliphatic rings.